The molecule has 0 radical (unpaired) electrons. The molecule has 1 amide bonds. The van der Waals surface area contributed by atoms with E-state index in [1.807, 2.05) is 0 Å². The number of carbonyl (C=O) groups is 2. The Morgan fingerprint density at radius 1 is 1.33 bits per heavy atom. The Morgan fingerprint density at radius 2 is 1.87 bits per heavy atom. The highest BCUT2D eigenvalue weighted by atomic mass is 79.9. The number of Topliss-reactive ketones (excluding diaryl/α,β-unsaturated/α-hetero) is 1. The van der Waals surface area contributed by atoms with Crippen LogP contribution in [0.1, 0.15) is 18.5 Å². The van der Waals surface area contributed by atoms with Gasteiger partial charge in [-0.3, -0.25) is 4.79 Å². The van der Waals surface area contributed by atoms with Gasteiger partial charge in [-0.1, -0.05) is 28.1 Å². The summed E-state index contributed by atoms with van der Waals surface area (Å²) in [5.74, 6) is -0.236. The topological polar surface area (TPSA) is 66.4 Å². The van der Waals surface area contributed by atoms with Gasteiger partial charge in [0, 0.05) is 4.47 Å². The Labute approximate surface area is 95.4 Å². The first-order valence-corrected chi connectivity index (χ1v) is 5.05. The fourth-order valence-corrected chi connectivity index (χ4v) is 1.46. The summed E-state index contributed by atoms with van der Waals surface area (Å²) in [7, 11) is 0. The van der Waals surface area contributed by atoms with Crippen molar-refractivity contribution in [2.24, 2.45) is 0 Å². The van der Waals surface area contributed by atoms with E-state index >= 15 is 0 Å². The SMILES string of the molecule is CC(=O)C(NC(=O)O)c1ccc(Br)cc1. The third kappa shape index (κ3) is 3.36. The number of carbonyl (C=O) groups excluding carboxylic acids is 1. The fraction of sp³-hybridized carbons (Fsp3) is 0.200. The molecule has 0 aromatic heterocycles. The summed E-state index contributed by atoms with van der Waals surface area (Å²) in [5.41, 5.74) is 0.633. The fourth-order valence-electron chi connectivity index (χ4n) is 1.20. The summed E-state index contributed by atoms with van der Waals surface area (Å²) < 4.78 is 0.879. The van der Waals surface area contributed by atoms with E-state index in [4.69, 9.17) is 5.11 Å². The molecule has 0 aliphatic rings. The predicted molar refractivity (Wildman–Crippen MR) is 58.7 cm³/mol. The van der Waals surface area contributed by atoms with Crippen molar-refractivity contribution in [2.75, 3.05) is 0 Å². The van der Waals surface area contributed by atoms with Gasteiger partial charge in [0.25, 0.3) is 0 Å². The second kappa shape index (κ2) is 4.93. The van der Waals surface area contributed by atoms with Crippen LogP contribution in [0, 0.1) is 0 Å². The van der Waals surface area contributed by atoms with Gasteiger partial charge in [0.15, 0.2) is 5.78 Å². The minimum atomic E-state index is -1.21. The van der Waals surface area contributed by atoms with Crippen LogP contribution >= 0.6 is 15.9 Å². The van der Waals surface area contributed by atoms with Crippen LogP contribution in [-0.2, 0) is 4.79 Å². The molecular weight excluding hydrogens is 262 g/mol. The third-order valence-electron chi connectivity index (χ3n) is 1.88. The number of benzene rings is 1. The van der Waals surface area contributed by atoms with Gasteiger partial charge < -0.3 is 10.4 Å². The molecule has 0 fully saturated rings. The molecule has 0 aliphatic heterocycles. The molecule has 1 rings (SSSR count). The van der Waals surface area contributed by atoms with Crippen molar-refractivity contribution >= 4 is 27.8 Å². The van der Waals surface area contributed by atoms with Crippen LogP contribution in [0.2, 0.25) is 0 Å². The smallest absolute Gasteiger partial charge is 0.405 e. The Bertz CT molecular complexity index is 375. The molecule has 0 bridgehead atoms. The lowest BCUT2D eigenvalue weighted by atomic mass is 10.0. The Kier molecular flexibility index (Phi) is 3.85. The van der Waals surface area contributed by atoms with Crippen LogP contribution in [0.15, 0.2) is 28.7 Å². The number of nitrogens with one attached hydrogen (secondary N) is 1. The van der Waals surface area contributed by atoms with E-state index in [0.29, 0.717) is 5.56 Å². The van der Waals surface area contributed by atoms with Gasteiger partial charge in [-0.2, -0.15) is 0 Å². The Hall–Kier alpha value is -1.36. The monoisotopic (exact) mass is 271 g/mol. The number of rotatable bonds is 3. The maximum absolute atomic E-state index is 11.2. The summed E-state index contributed by atoms with van der Waals surface area (Å²) in [4.78, 5) is 21.7. The number of hydrogen-bond acceptors (Lipinski definition) is 2. The number of carboxylic acid groups (broad SMARTS) is 1. The largest absolute Gasteiger partial charge is 0.465 e. The zero-order valence-corrected chi connectivity index (χ0v) is 9.61. The Balaban J connectivity index is 2.94. The minimum absolute atomic E-state index is 0.236. The van der Waals surface area contributed by atoms with Crippen LogP contribution in [0.25, 0.3) is 0 Å². The molecular formula is C10H10BrNO3. The lowest BCUT2D eigenvalue weighted by molar-refractivity contribution is -0.119. The van der Waals surface area contributed by atoms with E-state index in [2.05, 4.69) is 21.2 Å². The van der Waals surface area contributed by atoms with Gasteiger partial charge in [-0.05, 0) is 24.6 Å². The van der Waals surface area contributed by atoms with Crippen LogP contribution in [0.5, 0.6) is 0 Å². The molecule has 15 heavy (non-hydrogen) atoms. The average Bonchev–Trinajstić information content (AvgIpc) is 2.15. The van der Waals surface area contributed by atoms with E-state index in [1.54, 1.807) is 24.3 Å². The van der Waals surface area contributed by atoms with Gasteiger partial charge in [0.05, 0.1) is 0 Å². The maximum atomic E-state index is 11.2. The second-order valence-electron chi connectivity index (χ2n) is 3.04. The molecule has 5 heteroatoms. The lowest BCUT2D eigenvalue weighted by Crippen LogP contribution is -2.31. The van der Waals surface area contributed by atoms with Crippen molar-refractivity contribution in [3.05, 3.63) is 34.3 Å². The van der Waals surface area contributed by atoms with E-state index < -0.39 is 12.1 Å². The van der Waals surface area contributed by atoms with Crippen molar-refractivity contribution in [1.82, 2.24) is 5.32 Å². The van der Waals surface area contributed by atoms with Crippen molar-refractivity contribution in [1.29, 1.82) is 0 Å². The maximum Gasteiger partial charge on any atom is 0.405 e. The van der Waals surface area contributed by atoms with E-state index in [9.17, 15) is 9.59 Å². The summed E-state index contributed by atoms with van der Waals surface area (Å²) in [6, 6.07) is 6.12. The summed E-state index contributed by atoms with van der Waals surface area (Å²) in [5, 5.41) is 10.7. The van der Waals surface area contributed by atoms with Gasteiger partial charge in [0.1, 0.15) is 6.04 Å². The molecule has 1 atom stereocenters. The zero-order valence-electron chi connectivity index (χ0n) is 8.03. The van der Waals surface area contributed by atoms with Gasteiger partial charge in [-0.25, -0.2) is 4.79 Å². The molecule has 0 saturated heterocycles. The molecule has 2 N–H and O–H groups in total. The van der Waals surface area contributed by atoms with E-state index in [-0.39, 0.29) is 5.78 Å². The number of halogens is 1. The second-order valence-corrected chi connectivity index (χ2v) is 3.96. The zero-order chi connectivity index (χ0) is 11.4. The van der Waals surface area contributed by atoms with E-state index in [0.717, 1.165) is 4.47 Å². The normalized spacial score (nSPS) is 11.9. The van der Waals surface area contributed by atoms with Crippen molar-refractivity contribution in [2.45, 2.75) is 13.0 Å². The Morgan fingerprint density at radius 3 is 2.27 bits per heavy atom. The van der Waals surface area contributed by atoms with Crippen molar-refractivity contribution in [3.8, 4) is 0 Å². The highest BCUT2D eigenvalue weighted by molar-refractivity contribution is 9.10. The predicted octanol–water partition coefficient (Wildman–Crippen LogP) is 2.35. The highest BCUT2D eigenvalue weighted by Gasteiger charge is 2.18. The molecule has 1 unspecified atom stereocenters. The molecule has 0 spiro atoms. The van der Waals surface area contributed by atoms with Crippen molar-refractivity contribution in [3.63, 3.8) is 0 Å². The summed E-state index contributed by atoms with van der Waals surface area (Å²) in [6.45, 7) is 1.35. The van der Waals surface area contributed by atoms with Crippen LogP contribution in [-0.4, -0.2) is 17.0 Å². The number of amides is 1. The molecule has 0 aliphatic carbocycles. The molecule has 4 nitrogen and oxygen atoms in total. The highest BCUT2D eigenvalue weighted by Crippen LogP contribution is 2.17. The summed E-state index contributed by atoms with van der Waals surface area (Å²) >= 11 is 3.26. The standard InChI is InChI=1S/C10H10BrNO3/c1-6(13)9(12-10(14)15)7-2-4-8(11)5-3-7/h2-5,9,12H,1H3,(H,14,15). The lowest BCUT2D eigenvalue weighted by Gasteiger charge is -2.13. The first-order chi connectivity index (χ1) is 7.00. The molecule has 80 valence electrons. The van der Waals surface area contributed by atoms with Crippen LogP contribution < -0.4 is 5.32 Å². The number of hydrogen-bond donors (Lipinski definition) is 2. The van der Waals surface area contributed by atoms with Crippen LogP contribution in [0.3, 0.4) is 0 Å². The first kappa shape index (κ1) is 11.7. The molecule has 1 aromatic carbocycles. The first-order valence-electron chi connectivity index (χ1n) is 4.26. The van der Waals surface area contributed by atoms with Gasteiger partial charge in [-0.15, -0.1) is 0 Å². The number of ketones is 1. The minimum Gasteiger partial charge on any atom is -0.465 e. The van der Waals surface area contributed by atoms with Crippen LogP contribution in [0.4, 0.5) is 4.79 Å². The third-order valence-corrected chi connectivity index (χ3v) is 2.41. The van der Waals surface area contributed by atoms with E-state index in [1.165, 1.54) is 6.92 Å². The van der Waals surface area contributed by atoms with Crippen molar-refractivity contribution < 1.29 is 14.7 Å². The quantitative estimate of drug-likeness (QED) is 0.887. The average molecular weight is 272 g/mol. The van der Waals surface area contributed by atoms with Gasteiger partial charge in [0.2, 0.25) is 0 Å². The molecule has 1 aromatic rings. The molecule has 0 saturated carbocycles. The van der Waals surface area contributed by atoms with Gasteiger partial charge >= 0.3 is 6.09 Å². The summed E-state index contributed by atoms with van der Waals surface area (Å²) in [6.07, 6.45) is -1.21. The molecule has 0 heterocycles.